The van der Waals surface area contributed by atoms with Crippen molar-refractivity contribution in [2.24, 2.45) is 10.4 Å². The van der Waals surface area contributed by atoms with Crippen LogP contribution in [0.1, 0.15) is 50.2 Å². The van der Waals surface area contributed by atoms with Gasteiger partial charge in [-0.05, 0) is 55.7 Å². The molecule has 5 nitrogen and oxygen atoms in total. The number of nitrogens with zero attached hydrogens (tertiary/aromatic N) is 1. The average Bonchev–Trinajstić information content (AvgIpc) is 3.11. The minimum absolute atomic E-state index is 0. The van der Waals surface area contributed by atoms with E-state index in [1.807, 2.05) is 6.07 Å². The van der Waals surface area contributed by atoms with Crippen molar-refractivity contribution < 1.29 is 9.47 Å². The molecule has 0 amide bonds. The first-order valence-electron chi connectivity index (χ1n) is 9.77. The number of guanidine groups is 1. The minimum Gasteiger partial charge on any atom is -0.496 e. The summed E-state index contributed by atoms with van der Waals surface area (Å²) in [5.74, 6) is 1.81. The molecule has 6 heteroatoms. The van der Waals surface area contributed by atoms with E-state index in [1.54, 1.807) is 14.2 Å². The van der Waals surface area contributed by atoms with Gasteiger partial charge in [-0.1, -0.05) is 25.0 Å². The smallest absolute Gasteiger partial charge is 0.191 e. The number of nitrogens with one attached hydrogen (secondary N) is 2. The number of ether oxygens (including phenoxy) is 2. The van der Waals surface area contributed by atoms with E-state index < -0.39 is 0 Å². The summed E-state index contributed by atoms with van der Waals surface area (Å²) in [4.78, 5) is 4.78. The van der Waals surface area contributed by atoms with Crippen LogP contribution in [-0.4, -0.2) is 39.9 Å². The number of aryl methyl sites for hydroxylation is 1. The zero-order chi connectivity index (χ0) is 18.8. The van der Waals surface area contributed by atoms with Crippen LogP contribution in [0.25, 0.3) is 0 Å². The molecule has 1 aromatic rings. The summed E-state index contributed by atoms with van der Waals surface area (Å²) >= 11 is 0. The van der Waals surface area contributed by atoms with E-state index in [1.165, 1.54) is 31.2 Å². The van der Waals surface area contributed by atoms with Crippen molar-refractivity contribution in [3.8, 4) is 5.75 Å². The van der Waals surface area contributed by atoms with Crippen LogP contribution in [0.5, 0.6) is 5.75 Å². The van der Waals surface area contributed by atoms with E-state index in [0.717, 1.165) is 43.4 Å². The molecule has 154 valence electrons. The second-order valence-corrected chi connectivity index (χ2v) is 7.30. The monoisotopic (exact) mass is 489 g/mol. The van der Waals surface area contributed by atoms with Gasteiger partial charge in [0, 0.05) is 26.8 Å². The van der Waals surface area contributed by atoms with Gasteiger partial charge in [0.1, 0.15) is 5.75 Å². The lowest BCUT2D eigenvalue weighted by Gasteiger charge is -2.30. The number of hydrogen-bond donors (Lipinski definition) is 2. The second-order valence-electron chi connectivity index (χ2n) is 7.30. The Morgan fingerprint density at radius 1 is 1.19 bits per heavy atom. The van der Waals surface area contributed by atoms with E-state index in [0.29, 0.717) is 12.0 Å². The topological polar surface area (TPSA) is 54.9 Å². The molecule has 0 unspecified atom stereocenters. The number of rotatable bonds is 9. The maximum absolute atomic E-state index is 5.33. The van der Waals surface area contributed by atoms with Gasteiger partial charge >= 0.3 is 0 Å². The summed E-state index contributed by atoms with van der Waals surface area (Å²) in [5.41, 5.74) is 2.68. The fourth-order valence-corrected chi connectivity index (χ4v) is 3.78. The van der Waals surface area contributed by atoms with Crippen LogP contribution in [0, 0.1) is 12.3 Å². The Morgan fingerprint density at radius 3 is 2.52 bits per heavy atom. The number of aliphatic imine (C=N–C) groups is 1. The van der Waals surface area contributed by atoms with Crippen LogP contribution in [-0.2, 0) is 11.3 Å². The van der Waals surface area contributed by atoms with Gasteiger partial charge in [-0.3, -0.25) is 0 Å². The molecule has 1 saturated carbocycles. The van der Waals surface area contributed by atoms with Gasteiger partial charge in [-0.15, -0.1) is 24.0 Å². The van der Waals surface area contributed by atoms with Crippen LogP contribution >= 0.6 is 24.0 Å². The molecule has 0 saturated heterocycles. The molecule has 0 spiro atoms. The molecule has 0 bridgehead atoms. The van der Waals surface area contributed by atoms with Crippen LogP contribution < -0.4 is 15.4 Å². The Kier molecular flexibility index (Phi) is 11.1. The number of hydrogen-bond acceptors (Lipinski definition) is 3. The van der Waals surface area contributed by atoms with E-state index in [2.05, 4.69) is 36.6 Å². The number of methoxy groups -OCH3 is 2. The SMILES string of the molecule is CCNC(=NCc1ccc(OC)c(C)c1)NCC1(CCOC)CCCC1.I. The van der Waals surface area contributed by atoms with Crippen LogP contribution in [0.4, 0.5) is 0 Å². The molecule has 1 fully saturated rings. The third kappa shape index (κ3) is 7.49. The lowest BCUT2D eigenvalue weighted by molar-refractivity contribution is 0.138. The molecule has 0 aromatic heterocycles. The summed E-state index contributed by atoms with van der Waals surface area (Å²) in [7, 11) is 3.49. The van der Waals surface area contributed by atoms with Crippen molar-refractivity contribution in [3.63, 3.8) is 0 Å². The summed E-state index contributed by atoms with van der Waals surface area (Å²) in [6.07, 6.45) is 6.32. The first-order valence-corrected chi connectivity index (χ1v) is 9.77. The Bertz CT molecular complexity index is 587. The van der Waals surface area contributed by atoms with E-state index in [-0.39, 0.29) is 24.0 Å². The largest absolute Gasteiger partial charge is 0.496 e. The molecule has 1 aliphatic carbocycles. The molecule has 2 N–H and O–H groups in total. The van der Waals surface area contributed by atoms with Crippen LogP contribution in [0.3, 0.4) is 0 Å². The zero-order valence-electron chi connectivity index (χ0n) is 17.3. The molecule has 1 aliphatic rings. The maximum Gasteiger partial charge on any atom is 0.191 e. The van der Waals surface area contributed by atoms with Gasteiger partial charge in [-0.25, -0.2) is 4.99 Å². The van der Waals surface area contributed by atoms with E-state index in [4.69, 9.17) is 14.5 Å². The molecular formula is C21H36IN3O2. The van der Waals surface area contributed by atoms with E-state index in [9.17, 15) is 0 Å². The summed E-state index contributed by atoms with van der Waals surface area (Å²) < 4.78 is 10.7. The van der Waals surface area contributed by atoms with Crippen LogP contribution in [0.2, 0.25) is 0 Å². The highest BCUT2D eigenvalue weighted by atomic mass is 127. The Balaban J connectivity index is 0.00000364. The Hall–Kier alpha value is -1.02. The number of benzene rings is 1. The van der Waals surface area contributed by atoms with Crippen LogP contribution in [0.15, 0.2) is 23.2 Å². The molecular weight excluding hydrogens is 453 g/mol. The molecule has 27 heavy (non-hydrogen) atoms. The van der Waals surface area contributed by atoms with Gasteiger partial charge in [0.15, 0.2) is 5.96 Å². The van der Waals surface area contributed by atoms with Gasteiger partial charge in [0.25, 0.3) is 0 Å². The predicted molar refractivity (Wildman–Crippen MR) is 123 cm³/mol. The first kappa shape index (κ1) is 24.0. The normalized spacial score (nSPS) is 15.9. The predicted octanol–water partition coefficient (Wildman–Crippen LogP) is 4.27. The van der Waals surface area contributed by atoms with Crippen molar-refractivity contribution in [1.82, 2.24) is 10.6 Å². The standard InChI is InChI=1S/C21H35N3O2.HI/c1-5-22-20(23-15-18-8-9-19(26-4)17(2)14-18)24-16-21(12-13-25-3)10-6-7-11-21;/h8-9,14H,5-7,10-13,15-16H2,1-4H3,(H2,22,23,24);1H. The average molecular weight is 489 g/mol. The maximum atomic E-state index is 5.33. The molecule has 1 aromatic carbocycles. The number of halogens is 1. The van der Waals surface area contributed by atoms with Gasteiger partial charge in [0.2, 0.25) is 0 Å². The third-order valence-electron chi connectivity index (χ3n) is 5.35. The Morgan fingerprint density at radius 2 is 1.93 bits per heavy atom. The van der Waals surface area contributed by atoms with Gasteiger partial charge in [-0.2, -0.15) is 0 Å². The quantitative estimate of drug-likeness (QED) is 0.309. The highest BCUT2D eigenvalue weighted by Crippen LogP contribution is 2.40. The Labute approximate surface area is 181 Å². The molecule has 0 radical (unpaired) electrons. The molecule has 2 rings (SSSR count). The molecule has 0 aliphatic heterocycles. The van der Waals surface area contributed by atoms with E-state index >= 15 is 0 Å². The summed E-state index contributed by atoms with van der Waals surface area (Å²) in [6.45, 7) is 7.48. The molecule has 0 heterocycles. The van der Waals surface area contributed by atoms with Crippen molar-refractivity contribution >= 4 is 29.9 Å². The lowest BCUT2D eigenvalue weighted by atomic mass is 9.83. The fraction of sp³-hybridized carbons (Fsp3) is 0.667. The fourth-order valence-electron chi connectivity index (χ4n) is 3.78. The first-order chi connectivity index (χ1) is 12.6. The third-order valence-corrected chi connectivity index (χ3v) is 5.35. The summed E-state index contributed by atoms with van der Waals surface area (Å²) in [5, 5.41) is 6.95. The molecule has 0 atom stereocenters. The highest BCUT2D eigenvalue weighted by molar-refractivity contribution is 14.0. The second kappa shape index (κ2) is 12.4. The van der Waals surface area contributed by atoms with Gasteiger partial charge in [0.05, 0.1) is 13.7 Å². The lowest BCUT2D eigenvalue weighted by Crippen LogP contribution is -2.43. The van der Waals surface area contributed by atoms with Crippen molar-refractivity contribution in [2.45, 2.75) is 52.5 Å². The zero-order valence-corrected chi connectivity index (χ0v) is 19.6. The van der Waals surface area contributed by atoms with Crippen molar-refractivity contribution in [2.75, 3.05) is 33.9 Å². The van der Waals surface area contributed by atoms with Crippen molar-refractivity contribution in [3.05, 3.63) is 29.3 Å². The minimum atomic E-state index is 0. The van der Waals surface area contributed by atoms with Crippen molar-refractivity contribution in [1.29, 1.82) is 0 Å². The van der Waals surface area contributed by atoms with Gasteiger partial charge < -0.3 is 20.1 Å². The summed E-state index contributed by atoms with van der Waals surface area (Å²) in [6, 6.07) is 6.23. The highest BCUT2D eigenvalue weighted by Gasteiger charge is 2.33.